The van der Waals surface area contributed by atoms with Crippen molar-refractivity contribution in [3.05, 3.63) is 67.1 Å². The second kappa shape index (κ2) is 5.31. The summed E-state index contributed by atoms with van der Waals surface area (Å²) >= 11 is 0. The zero-order chi connectivity index (χ0) is 16.8. The van der Waals surface area contributed by atoms with Crippen LogP contribution in [0.2, 0.25) is 0 Å². The Balaban J connectivity index is 1.87. The van der Waals surface area contributed by atoms with Gasteiger partial charge < -0.3 is 9.72 Å². The number of rotatable bonds is 2. The molecule has 25 heavy (non-hydrogen) atoms. The summed E-state index contributed by atoms with van der Waals surface area (Å²) in [5.41, 5.74) is 4.03. The van der Waals surface area contributed by atoms with E-state index in [2.05, 4.69) is 33.2 Å². The van der Waals surface area contributed by atoms with E-state index in [0.717, 1.165) is 49.6 Å². The number of nitrogens with zero attached hydrogens (tertiary/aromatic N) is 2. The second-order valence-electron chi connectivity index (χ2n) is 6.03. The molecule has 0 unspecified atom stereocenters. The number of benzene rings is 2. The van der Waals surface area contributed by atoms with Crippen LogP contribution in [0.25, 0.3) is 43.8 Å². The molecular formula is C21H15N3O. The number of pyridine rings is 2. The van der Waals surface area contributed by atoms with Gasteiger partial charge in [0, 0.05) is 45.8 Å². The maximum absolute atomic E-state index is 5.37. The normalized spacial score (nSPS) is 11.4. The van der Waals surface area contributed by atoms with E-state index in [1.54, 1.807) is 7.11 Å². The van der Waals surface area contributed by atoms with Crippen LogP contribution < -0.4 is 4.74 Å². The lowest BCUT2D eigenvalue weighted by Gasteiger charge is -2.06. The summed E-state index contributed by atoms with van der Waals surface area (Å²) in [5, 5.41) is 4.52. The zero-order valence-corrected chi connectivity index (χ0v) is 13.7. The predicted molar refractivity (Wildman–Crippen MR) is 101 cm³/mol. The third-order valence-electron chi connectivity index (χ3n) is 4.65. The smallest absolute Gasteiger partial charge is 0.119 e. The summed E-state index contributed by atoms with van der Waals surface area (Å²) in [7, 11) is 1.69. The van der Waals surface area contributed by atoms with E-state index in [9.17, 15) is 0 Å². The fourth-order valence-corrected chi connectivity index (χ4v) is 3.44. The number of hydrogen-bond donors (Lipinski definition) is 1. The lowest BCUT2D eigenvalue weighted by molar-refractivity contribution is 0.415. The Morgan fingerprint density at radius 2 is 1.84 bits per heavy atom. The summed E-state index contributed by atoms with van der Waals surface area (Å²) in [5.74, 6) is 0.846. The average Bonchev–Trinajstić information content (AvgIpc) is 3.05. The molecule has 120 valence electrons. The van der Waals surface area contributed by atoms with Crippen molar-refractivity contribution >= 4 is 32.6 Å². The molecule has 0 aliphatic rings. The number of H-pyrrole nitrogens is 1. The van der Waals surface area contributed by atoms with E-state index >= 15 is 0 Å². The highest BCUT2D eigenvalue weighted by atomic mass is 16.5. The van der Waals surface area contributed by atoms with Gasteiger partial charge in [0.15, 0.2) is 0 Å². The maximum Gasteiger partial charge on any atom is 0.119 e. The van der Waals surface area contributed by atoms with Crippen LogP contribution in [0.1, 0.15) is 0 Å². The van der Waals surface area contributed by atoms with Gasteiger partial charge in [-0.25, -0.2) is 0 Å². The van der Waals surface area contributed by atoms with Crippen LogP contribution in [0.5, 0.6) is 5.75 Å². The van der Waals surface area contributed by atoms with Crippen LogP contribution in [0.15, 0.2) is 67.1 Å². The molecule has 0 saturated carbocycles. The number of aromatic nitrogens is 3. The Morgan fingerprint density at radius 1 is 0.920 bits per heavy atom. The third kappa shape index (κ3) is 2.08. The number of ether oxygens (including phenoxy) is 1. The third-order valence-corrected chi connectivity index (χ3v) is 4.65. The van der Waals surface area contributed by atoms with E-state index in [4.69, 9.17) is 4.74 Å². The van der Waals surface area contributed by atoms with Crippen molar-refractivity contribution in [1.82, 2.24) is 15.0 Å². The van der Waals surface area contributed by atoms with Crippen molar-refractivity contribution in [2.24, 2.45) is 0 Å². The molecule has 0 amide bonds. The molecule has 4 nitrogen and oxygen atoms in total. The first-order valence-corrected chi connectivity index (χ1v) is 8.13. The Bertz CT molecular complexity index is 1230. The Hall–Kier alpha value is -3.40. The molecule has 0 fully saturated rings. The summed E-state index contributed by atoms with van der Waals surface area (Å²) in [6, 6.07) is 16.3. The first kappa shape index (κ1) is 14.0. The number of hydrogen-bond acceptors (Lipinski definition) is 3. The molecule has 5 rings (SSSR count). The molecule has 4 heteroatoms. The van der Waals surface area contributed by atoms with Gasteiger partial charge in [-0.3, -0.25) is 9.97 Å². The summed E-state index contributed by atoms with van der Waals surface area (Å²) in [6.07, 6.45) is 5.62. The number of fused-ring (bicyclic) bond motifs is 4. The molecule has 0 saturated heterocycles. The topological polar surface area (TPSA) is 50.8 Å². The Morgan fingerprint density at radius 3 is 2.76 bits per heavy atom. The summed E-state index contributed by atoms with van der Waals surface area (Å²) in [4.78, 5) is 12.6. The fraction of sp³-hybridized carbons (Fsp3) is 0.0476. The van der Waals surface area contributed by atoms with Crippen molar-refractivity contribution in [2.75, 3.05) is 7.11 Å². The van der Waals surface area contributed by atoms with Gasteiger partial charge in [0.25, 0.3) is 0 Å². The van der Waals surface area contributed by atoms with Crippen molar-refractivity contribution < 1.29 is 4.74 Å². The quantitative estimate of drug-likeness (QED) is 0.500. The molecule has 0 spiro atoms. The van der Waals surface area contributed by atoms with Gasteiger partial charge >= 0.3 is 0 Å². The van der Waals surface area contributed by atoms with Gasteiger partial charge in [-0.1, -0.05) is 24.3 Å². The highest BCUT2D eigenvalue weighted by Gasteiger charge is 2.13. The standard InChI is InChI=1S/C21H15N3O/c1-25-14-6-7-19-17(10-14)16-8-9-23-20(21(16)24-19)18-12-22-11-13-4-2-3-5-15(13)18/h2-12,24H,1H3. The molecule has 3 aromatic heterocycles. The lowest BCUT2D eigenvalue weighted by atomic mass is 10.0. The first-order chi connectivity index (χ1) is 12.3. The van der Waals surface area contributed by atoms with Gasteiger partial charge in [-0.05, 0) is 29.7 Å². The highest BCUT2D eigenvalue weighted by Crippen LogP contribution is 2.35. The summed E-state index contributed by atoms with van der Waals surface area (Å²) < 4.78 is 5.37. The number of methoxy groups -OCH3 is 1. The van der Waals surface area contributed by atoms with Crippen LogP contribution in [-0.2, 0) is 0 Å². The molecule has 1 N–H and O–H groups in total. The van der Waals surface area contributed by atoms with Crippen molar-refractivity contribution in [3.8, 4) is 17.0 Å². The van der Waals surface area contributed by atoms with Crippen LogP contribution in [0.3, 0.4) is 0 Å². The van der Waals surface area contributed by atoms with Gasteiger partial charge in [0.05, 0.1) is 18.3 Å². The molecule has 3 heterocycles. The molecule has 2 aromatic carbocycles. The predicted octanol–water partition coefficient (Wildman–Crippen LogP) is 4.94. The van der Waals surface area contributed by atoms with Gasteiger partial charge in [0.2, 0.25) is 0 Å². The molecule has 0 aliphatic carbocycles. The molecular weight excluding hydrogens is 310 g/mol. The first-order valence-electron chi connectivity index (χ1n) is 8.13. The average molecular weight is 325 g/mol. The lowest BCUT2D eigenvalue weighted by Crippen LogP contribution is -1.88. The monoisotopic (exact) mass is 325 g/mol. The molecule has 0 radical (unpaired) electrons. The minimum Gasteiger partial charge on any atom is -0.497 e. The Labute approximate surface area is 144 Å². The van der Waals surface area contributed by atoms with E-state index in [1.807, 2.05) is 48.9 Å². The molecule has 0 aliphatic heterocycles. The minimum absolute atomic E-state index is 0.846. The van der Waals surface area contributed by atoms with E-state index in [-0.39, 0.29) is 0 Å². The van der Waals surface area contributed by atoms with Crippen LogP contribution in [-0.4, -0.2) is 22.1 Å². The van der Waals surface area contributed by atoms with Crippen molar-refractivity contribution in [2.45, 2.75) is 0 Å². The Kier molecular flexibility index (Phi) is 2.97. The molecule has 0 bridgehead atoms. The molecule has 5 aromatic rings. The minimum atomic E-state index is 0.846. The van der Waals surface area contributed by atoms with Crippen molar-refractivity contribution in [3.63, 3.8) is 0 Å². The van der Waals surface area contributed by atoms with E-state index in [0.29, 0.717) is 0 Å². The fourth-order valence-electron chi connectivity index (χ4n) is 3.44. The van der Waals surface area contributed by atoms with E-state index < -0.39 is 0 Å². The van der Waals surface area contributed by atoms with Crippen molar-refractivity contribution in [1.29, 1.82) is 0 Å². The van der Waals surface area contributed by atoms with Gasteiger partial charge in [-0.2, -0.15) is 0 Å². The SMILES string of the molecule is COc1ccc2[nH]c3c(-c4cncc5ccccc45)nccc3c2c1. The number of nitrogens with one attached hydrogen (secondary N) is 1. The van der Waals surface area contributed by atoms with Crippen LogP contribution in [0.4, 0.5) is 0 Å². The molecule has 0 atom stereocenters. The highest BCUT2D eigenvalue weighted by molar-refractivity contribution is 6.13. The zero-order valence-electron chi connectivity index (χ0n) is 13.7. The largest absolute Gasteiger partial charge is 0.497 e. The number of aromatic amines is 1. The van der Waals surface area contributed by atoms with Gasteiger partial charge in [0.1, 0.15) is 5.75 Å². The second-order valence-corrected chi connectivity index (χ2v) is 6.03. The van der Waals surface area contributed by atoms with Crippen LogP contribution in [0, 0.1) is 0 Å². The van der Waals surface area contributed by atoms with Crippen LogP contribution >= 0.6 is 0 Å². The van der Waals surface area contributed by atoms with Gasteiger partial charge in [-0.15, -0.1) is 0 Å². The maximum atomic E-state index is 5.37. The van der Waals surface area contributed by atoms with E-state index in [1.165, 1.54) is 0 Å². The summed E-state index contributed by atoms with van der Waals surface area (Å²) in [6.45, 7) is 0.